The molecular formula is C19H23N5O3. The van der Waals surface area contributed by atoms with Gasteiger partial charge in [0.15, 0.2) is 5.96 Å². The maximum atomic E-state index is 12.2. The van der Waals surface area contributed by atoms with Crippen molar-refractivity contribution in [2.24, 2.45) is 10.7 Å². The van der Waals surface area contributed by atoms with Crippen LogP contribution in [-0.4, -0.2) is 42.9 Å². The zero-order valence-corrected chi connectivity index (χ0v) is 15.6. The quantitative estimate of drug-likeness (QED) is 0.455. The summed E-state index contributed by atoms with van der Waals surface area (Å²) in [5.74, 6) is 1.95. The van der Waals surface area contributed by atoms with Crippen molar-refractivity contribution < 1.29 is 13.9 Å². The van der Waals surface area contributed by atoms with E-state index < -0.39 is 0 Å². The lowest BCUT2D eigenvalue weighted by Gasteiger charge is -2.07. The molecule has 0 bridgehead atoms. The van der Waals surface area contributed by atoms with Gasteiger partial charge in [-0.2, -0.15) is 0 Å². The molecule has 8 heteroatoms. The standard InChI is InChI=1S/C19H23N5O3/c1-21-19(20)23-18(25)15-9-12-5-4-6-16(17(12)22-15)26-11-14-8-7-13(27-14)10-24(2)3/h4-9,22H,10-11H2,1-3H3,(H3,20,21,23,25). The number of H-pyrrole nitrogens is 1. The van der Waals surface area contributed by atoms with Crippen LogP contribution in [0.5, 0.6) is 5.75 Å². The maximum absolute atomic E-state index is 12.2. The van der Waals surface area contributed by atoms with Gasteiger partial charge in [0.05, 0.1) is 12.1 Å². The number of aromatic nitrogens is 1. The second kappa shape index (κ2) is 7.96. The number of rotatable bonds is 6. The van der Waals surface area contributed by atoms with Crippen LogP contribution in [0.4, 0.5) is 0 Å². The van der Waals surface area contributed by atoms with E-state index in [2.05, 4.69) is 15.3 Å². The summed E-state index contributed by atoms with van der Waals surface area (Å²) in [7, 11) is 5.47. The van der Waals surface area contributed by atoms with Crippen LogP contribution >= 0.6 is 0 Å². The molecular weight excluding hydrogens is 346 g/mol. The highest BCUT2D eigenvalue weighted by molar-refractivity contribution is 6.06. The highest BCUT2D eigenvalue weighted by Gasteiger charge is 2.13. The molecule has 0 radical (unpaired) electrons. The Hall–Kier alpha value is -3.26. The molecule has 0 saturated carbocycles. The van der Waals surface area contributed by atoms with Gasteiger partial charge in [0.2, 0.25) is 0 Å². The average Bonchev–Trinajstić information content (AvgIpc) is 3.26. The number of aliphatic imine (C=N–C) groups is 1. The third-order valence-corrected chi connectivity index (χ3v) is 3.90. The van der Waals surface area contributed by atoms with Crippen LogP contribution < -0.4 is 15.8 Å². The number of carbonyl (C=O) groups excluding carboxylic acids is 1. The number of carbonyl (C=O) groups is 1. The molecule has 27 heavy (non-hydrogen) atoms. The molecule has 0 saturated heterocycles. The number of fused-ring (bicyclic) bond motifs is 1. The lowest BCUT2D eigenvalue weighted by atomic mass is 10.2. The van der Waals surface area contributed by atoms with E-state index in [0.29, 0.717) is 18.1 Å². The molecule has 2 heterocycles. The minimum absolute atomic E-state index is 0.0569. The number of guanidine groups is 1. The van der Waals surface area contributed by atoms with Crippen molar-refractivity contribution in [1.82, 2.24) is 15.2 Å². The average molecular weight is 369 g/mol. The SMILES string of the molecule is CN=C(N)NC(=O)c1cc2cccc(OCc3ccc(CN(C)C)o3)c2[nH]1. The monoisotopic (exact) mass is 369 g/mol. The molecule has 3 rings (SSSR count). The number of nitrogens with two attached hydrogens (primary N) is 1. The van der Waals surface area contributed by atoms with Crippen LogP contribution in [0, 0.1) is 0 Å². The van der Waals surface area contributed by atoms with Gasteiger partial charge in [-0.3, -0.25) is 15.1 Å². The van der Waals surface area contributed by atoms with Gasteiger partial charge in [0, 0.05) is 12.4 Å². The summed E-state index contributed by atoms with van der Waals surface area (Å²) >= 11 is 0. The van der Waals surface area contributed by atoms with Crippen LogP contribution in [-0.2, 0) is 13.2 Å². The number of nitrogens with zero attached hydrogens (tertiary/aromatic N) is 2. The third-order valence-electron chi connectivity index (χ3n) is 3.90. The fourth-order valence-corrected chi connectivity index (χ4v) is 2.66. The first-order valence-corrected chi connectivity index (χ1v) is 8.46. The highest BCUT2D eigenvalue weighted by Crippen LogP contribution is 2.26. The van der Waals surface area contributed by atoms with Crippen molar-refractivity contribution in [3.05, 3.63) is 53.6 Å². The van der Waals surface area contributed by atoms with Crippen LogP contribution in [0.15, 0.2) is 45.8 Å². The summed E-state index contributed by atoms with van der Waals surface area (Å²) in [5.41, 5.74) is 6.65. The number of hydrogen-bond acceptors (Lipinski definition) is 5. The van der Waals surface area contributed by atoms with Gasteiger partial charge in [-0.25, -0.2) is 0 Å². The Morgan fingerprint density at radius 1 is 1.30 bits per heavy atom. The Balaban J connectivity index is 1.75. The van der Waals surface area contributed by atoms with E-state index >= 15 is 0 Å². The maximum Gasteiger partial charge on any atom is 0.274 e. The Kier molecular flexibility index (Phi) is 5.46. The van der Waals surface area contributed by atoms with Crippen LogP contribution in [0.3, 0.4) is 0 Å². The molecule has 0 fully saturated rings. The molecule has 3 aromatic rings. The first-order valence-electron chi connectivity index (χ1n) is 8.46. The lowest BCUT2D eigenvalue weighted by molar-refractivity contribution is 0.0972. The van der Waals surface area contributed by atoms with Crippen molar-refractivity contribution in [2.45, 2.75) is 13.2 Å². The van der Waals surface area contributed by atoms with Gasteiger partial charge >= 0.3 is 0 Å². The summed E-state index contributed by atoms with van der Waals surface area (Å²) in [6, 6.07) is 11.2. The Labute approximate surface area is 157 Å². The van der Waals surface area contributed by atoms with E-state index in [1.165, 1.54) is 7.05 Å². The lowest BCUT2D eigenvalue weighted by Crippen LogP contribution is -2.36. The summed E-state index contributed by atoms with van der Waals surface area (Å²) in [6.07, 6.45) is 0. The van der Waals surface area contributed by atoms with Gasteiger partial charge in [-0.15, -0.1) is 0 Å². The van der Waals surface area contributed by atoms with Crippen LogP contribution in [0.25, 0.3) is 10.9 Å². The molecule has 1 amide bonds. The molecule has 8 nitrogen and oxygen atoms in total. The molecule has 1 aromatic carbocycles. The molecule has 0 unspecified atom stereocenters. The molecule has 4 N–H and O–H groups in total. The molecule has 0 atom stereocenters. The number of hydrogen-bond donors (Lipinski definition) is 3. The Morgan fingerprint density at radius 2 is 2.07 bits per heavy atom. The fourth-order valence-electron chi connectivity index (χ4n) is 2.66. The fraction of sp³-hybridized carbons (Fsp3) is 0.263. The third kappa shape index (κ3) is 4.48. The largest absolute Gasteiger partial charge is 0.483 e. The topological polar surface area (TPSA) is 109 Å². The predicted octanol–water partition coefficient (Wildman–Crippen LogP) is 2.08. The zero-order chi connectivity index (χ0) is 19.4. The number of nitrogens with one attached hydrogen (secondary N) is 2. The zero-order valence-electron chi connectivity index (χ0n) is 15.6. The molecule has 142 valence electrons. The van der Waals surface area contributed by atoms with E-state index in [1.807, 2.05) is 49.3 Å². The van der Waals surface area contributed by atoms with Crippen LogP contribution in [0.2, 0.25) is 0 Å². The normalized spacial score (nSPS) is 11.9. The van der Waals surface area contributed by atoms with Gasteiger partial charge in [-0.1, -0.05) is 12.1 Å². The minimum atomic E-state index is -0.361. The Morgan fingerprint density at radius 3 is 2.81 bits per heavy atom. The molecule has 0 aliphatic heterocycles. The van der Waals surface area contributed by atoms with E-state index in [0.717, 1.165) is 29.0 Å². The van der Waals surface area contributed by atoms with E-state index in [4.69, 9.17) is 14.9 Å². The molecule has 2 aromatic heterocycles. The second-order valence-electron chi connectivity index (χ2n) is 6.36. The van der Waals surface area contributed by atoms with Gasteiger partial charge in [0.25, 0.3) is 5.91 Å². The first-order chi connectivity index (χ1) is 13.0. The number of furan rings is 1. The van der Waals surface area contributed by atoms with E-state index in [1.54, 1.807) is 6.07 Å². The van der Waals surface area contributed by atoms with Gasteiger partial charge in [0.1, 0.15) is 29.6 Å². The summed E-state index contributed by atoms with van der Waals surface area (Å²) in [5, 5.41) is 3.36. The molecule has 0 spiro atoms. The first kappa shape index (κ1) is 18.5. The minimum Gasteiger partial charge on any atom is -0.483 e. The van der Waals surface area contributed by atoms with Crippen molar-refractivity contribution in [1.29, 1.82) is 0 Å². The highest BCUT2D eigenvalue weighted by atomic mass is 16.5. The summed E-state index contributed by atoms with van der Waals surface area (Å²) in [6.45, 7) is 1.03. The summed E-state index contributed by atoms with van der Waals surface area (Å²) in [4.78, 5) is 21.0. The van der Waals surface area contributed by atoms with Crippen molar-refractivity contribution in [3.63, 3.8) is 0 Å². The Bertz CT molecular complexity index is 971. The number of aromatic amines is 1. The predicted molar refractivity (Wildman–Crippen MR) is 104 cm³/mol. The number of benzene rings is 1. The number of para-hydroxylation sites is 1. The van der Waals surface area contributed by atoms with Crippen molar-refractivity contribution in [3.8, 4) is 5.75 Å². The van der Waals surface area contributed by atoms with Crippen molar-refractivity contribution >= 4 is 22.8 Å². The molecule has 0 aliphatic carbocycles. The van der Waals surface area contributed by atoms with Crippen LogP contribution in [0.1, 0.15) is 22.0 Å². The van der Waals surface area contributed by atoms with E-state index in [-0.39, 0.29) is 11.9 Å². The number of ether oxygens (including phenoxy) is 1. The van der Waals surface area contributed by atoms with E-state index in [9.17, 15) is 4.79 Å². The van der Waals surface area contributed by atoms with Crippen molar-refractivity contribution in [2.75, 3.05) is 21.1 Å². The molecule has 0 aliphatic rings. The van der Waals surface area contributed by atoms with Gasteiger partial charge in [-0.05, 0) is 38.4 Å². The summed E-state index contributed by atoms with van der Waals surface area (Å²) < 4.78 is 11.7. The number of amides is 1. The van der Waals surface area contributed by atoms with Gasteiger partial charge < -0.3 is 24.8 Å². The smallest absolute Gasteiger partial charge is 0.274 e. The second-order valence-corrected chi connectivity index (χ2v) is 6.36.